The van der Waals surface area contributed by atoms with Gasteiger partial charge in [0.15, 0.2) is 5.82 Å². The normalized spacial score (nSPS) is 13.7. The van der Waals surface area contributed by atoms with Crippen molar-refractivity contribution in [3.05, 3.63) is 28.0 Å². The third-order valence-electron chi connectivity index (χ3n) is 1.86. The molecule has 8 heteroatoms. The van der Waals surface area contributed by atoms with E-state index in [1.807, 2.05) is 0 Å². The van der Waals surface area contributed by atoms with Gasteiger partial charge < -0.3 is 5.11 Å². The van der Waals surface area contributed by atoms with E-state index < -0.39 is 31.9 Å². The fourth-order valence-corrected chi connectivity index (χ4v) is 2.89. The average Bonchev–Trinajstić information content (AvgIpc) is 2.23. The van der Waals surface area contributed by atoms with Gasteiger partial charge >= 0.3 is 0 Å². The summed E-state index contributed by atoms with van der Waals surface area (Å²) in [6, 6.07) is 2.19. The molecule has 0 radical (unpaired) electrons. The minimum absolute atomic E-state index is 0.192. The first-order valence-corrected chi connectivity index (χ1v) is 6.81. The molecule has 1 aromatic carbocycles. The maximum Gasteiger partial charge on any atom is 0.242 e. The third kappa shape index (κ3) is 3.53. The lowest BCUT2D eigenvalue weighted by atomic mass is 10.3. The Kier molecular flexibility index (Phi) is 4.74. The summed E-state index contributed by atoms with van der Waals surface area (Å²) in [5.41, 5.74) is 0. The molecule has 0 aromatic heterocycles. The van der Waals surface area contributed by atoms with Crippen LogP contribution >= 0.6 is 23.2 Å². The highest BCUT2D eigenvalue weighted by molar-refractivity contribution is 7.89. The number of hydrogen-bond acceptors (Lipinski definition) is 3. The van der Waals surface area contributed by atoms with Crippen LogP contribution < -0.4 is 4.72 Å². The van der Waals surface area contributed by atoms with Crippen LogP contribution in [0.2, 0.25) is 10.0 Å². The monoisotopic (exact) mass is 301 g/mol. The fourth-order valence-electron chi connectivity index (χ4n) is 1.02. The first-order chi connectivity index (χ1) is 7.75. The molecular weight excluding hydrogens is 292 g/mol. The van der Waals surface area contributed by atoms with E-state index in [1.54, 1.807) is 0 Å². The van der Waals surface area contributed by atoms with E-state index in [-0.39, 0.29) is 11.6 Å². The van der Waals surface area contributed by atoms with Crippen molar-refractivity contribution in [3.8, 4) is 0 Å². The quantitative estimate of drug-likeness (QED) is 0.833. The number of nitrogens with one attached hydrogen (secondary N) is 1. The molecule has 0 heterocycles. The second-order valence-corrected chi connectivity index (χ2v) is 5.89. The molecule has 1 atom stereocenters. The molecule has 0 unspecified atom stereocenters. The van der Waals surface area contributed by atoms with Crippen molar-refractivity contribution in [2.75, 3.05) is 6.54 Å². The van der Waals surface area contributed by atoms with Gasteiger partial charge in [0.2, 0.25) is 10.0 Å². The highest BCUT2D eigenvalue weighted by atomic mass is 35.5. The summed E-state index contributed by atoms with van der Waals surface area (Å²) in [5, 5.41) is 8.14. The smallest absolute Gasteiger partial charge is 0.242 e. The van der Waals surface area contributed by atoms with Crippen molar-refractivity contribution in [1.82, 2.24) is 4.72 Å². The lowest BCUT2D eigenvalue weighted by Gasteiger charge is -2.10. The molecule has 0 amide bonds. The van der Waals surface area contributed by atoms with Crippen molar-refractivity contribution in [2.24, 2.45) is 0 Å². The highest BCUT2D eigenvalue weighted by Gasteiger charge is 2.21. The molecule has 0 aliphatic rings. The first kappa shape index (κ1) is 14.7. The molecule has 0 aliphatic heterocycles. The molecule has 0 saturated heterocycles. The van der Waals surface area contributed by atoms with Gasteiger partial charge in [-0.15, -0.1) is 0 Å². The lowest BCUT2D eigenvalue weighted by molar-refractivity contribution is 0.198. The third-order valence-corrected chi connectivity index (χ3v) is 4.10. The Morgan fingerprint density at radius 1 is 1.47 bits per heavy atom. The number of aliphatic hydroxyl groups excluding tert-OH is 1. The second-order valence-electron chi connectivity index (χ2n) is 3.37. The fraction of sp³-hybridized carbons (Fsp3) is 0.333. The van der Waals surface area contributed by atoms with Crippen LogP contribution in [-0.2, 0) is 10.0 Å². The minimum atomic E-state index is -3.97. The summed E-state index contributed by atoms with van der Waals surface area (Å²) in [7, 11) is -3.97. The van der Waals surface area contributed by atoms with Crippen molar-refractivity contribution in [1.29, 1.82) is 0 Å². The van der Waals surface area contributed by atoms with E-state index in [2.05, 4.69) is 4.72 Å². The van der Waals surface area contributed by atoms with Gasteiger partial charge in [-0.3, -0.25) is 0 Å². The number of benzene rings is 1. The van der Waals surface area contributed by atoms with Gasteiger partial charge in [-0.1, -0.05) is 23.2 Å². The molecular formula is C9H10Cl2FNO3S. The number of halogens is 3. The van der Waals surface area contributed by atoms with Crippen LogP contribution in [0.3, 0.4) is 0 Å². The topological polar surface area (TPSA) is 66.4 Å². The maximum atomic E-state index is 13.3. The molecule has 0 spiro atoms. The molecule has 17 heavy (non-hydrogen) atoms. The Morgan fingerprint density at radius 3 is 2.59 bits per heavy atom. The molecule has 1 aromatic rings. The zero-order valence-corrected chi connectivity index (χ0v) is 11.1. The number of aliphatic hydroxyl groups is 1. The summed E-state index contributed by atoms with van der Waals surface area (Å²) in [6.07, 6.45) is -0.860. The van der Waals surface area contributed by atoms with E-state index >= 15 is 0 Å². The van der Waals surface area contributed by atoms with Crippen LogP contribution in [-0.4, -0.2) is 26.2 Å². The Balaban J connectivity index is 3.12. The Morgan fingerprint density at radius 2 is 2.06 bits per heavy atom. The molecule has 0 aliphatic carbocycles. The Labute approximate surface area is 108 Å². The number of rotatable bonds is 4. The van der Waals surface area contributed by atoms with Gasteiger partial charge in [0.1, 0.15) is 4.90 Å². The summed E-state index contributed by atoms with van der Waals surface area (Å²) < 4.78 is 38.8. The molecule has 2 N–H and O–H groups in total. The molecule has 0 fully saturated rings. The van der Waals surface area contributed by atoms with E-state index in [0.29, 0.717) is 0 Å². The van der Waals surface area contributed by atoms with Crippen LogP contribution in [0.5, 0.6) is 0 Å². The Bertz CT molecular complexity index is 519. The predicted octanol–water partition coefficient (Wildman–Crippen LogP) is 1.79. The Hall–Kier alpha value is -0.400. The van der Waals surface area contributed by atoms with Gasteiger partial charge in [-0.05, 0) is 19.1 Å². The van der Waals surface area contributed by atoms with Crippen LogP contribution in [0.25, 0.3) is 0 Å². The average molecular weight is 302 g/mol. The van der Waals surface area contributed by atoms with Crippen molar-refractivity contribution in [3.63, 3.8) is 0 Å². The van der Waals surface area contributed by atoms with Gasteiger partial charge in [-0.25, -0.2) is 17.5 Å². The minimum Gasteiger partial charge on any atom is -0.392 e. The summed E-state index contributed by atoms with van der Waals surface area (Å²) in [5.74, 6) is -0.992. The molecule has 0 saturated carbocycles. The van der Waals surface area contributed by atoms with E-state index in [4.69, 9.17) is 28.3 Å². The first-order valence-electron chi connectivity index (χ1n) is 4.57. The van der Waals surface area contributed by atoms with Crippen molar-refractivity contribution >= 4 is 33.2 Å². The van der Waals surface area contributed by atoms with Crippen LogP contribution in [0.4, 0.5) is 4.39 Å². The zero-order valence-electron chi connectivity index (χ0n) is 8.75. The van der Waals surface area contributed by atoms with Gasteiger partial charge in [-0.2, -0.15) is 0 Å². The predicted molar refractivity (Wildman–Crippen MR) is 63.3 cm³/mol. The van der Waals surface area contributed by atoms with E-state index in [0.717, 1.165) is 12.1 Å². The lowest BCUT2D eigenvalue weighted by Crippen LogP contribution is -2.30. The maximum absolute atomic E-state index is 13.3. The van der Waals surface area contributed by atoms with Crippen LogP contribution in [0.15, 0.2) is 17.0 Å². The zero-order chi connectivity index (χ0) is 13.2. The summed E-state index contributed by atoms with van der Waals surface area (Å²) in [4.78, 5) is -0.415. The number of hydrogen-bond donors (Lipinski definition) is 2. The highest BCUT2D eigenvalue weighted by Crippen LogP contribution is 2.29. The molecule has 0 bridgehead atoms. The van der Waals surface area contributed by atoms with Gasteiger partial charge in [0.05, 0.1) is 16.1 Å². The van der Waals surface area contributed by atoms with Crippen molar-refractivity contribution < 1.29 is 17.9 Å². The standard InChI is InChI=1S/C9H10Cl2FNO3S/c1-5(14)4-13-17(15,16)7-3-2-6(10)9(12)8(7)11/h2-3,5,13-14H,4H2,1H3/t5-/m1/s1. The number of sulfonamides is 1. The SMILES string of the molecule is C[C@@H](O)CNS(=O)(=O)c1ccc(Cl)c(F)c1Cl. The summed E-state index contributed by atoms with van der Waals surface area (Å²) >= 11 is 11.0. The molecule has 4 nitrogen and oxygen atoms in total. The van der Waals surface area contributed by atoms with Gasteiger partial charge in [0, 0.05) is 6.54 Å². The van der Waals surface area contributed by atoms with Crippen LogP contribution in [0, 0.1) is 5.82 Å². The summed E-state index contributed by atoms with van der Waals surface area (Å²) in [6.45, 7) is 1.22. The van der Waals surface area contributed by atoms with Crippen molar-refractivity contribution in [2.45, 2.75) is 17.9 Å². The van der Waals surface area contributed by atoms with E-state index in [9.17, 15) is 12.8 Å². The largest absolute Gasteiger partial charge is 0.392 e. The van der Waals surface area contributed by atoms with Crippen LogP contribution in [0.1, 0.15) is 6.92 Å². The van der Waals surface area contributed by atoms with E-state index in [1.165, 1.54) is 6.92 Å². The van der Waals surface area contributed by atoms with Gasteiger partial charge in [0.25, 0.3) is 0 Å². The molecule has 96 valence electrons. The second kappa shape index (κ2) is 5.49. The molecule has 1 rings (SSSR count).